The zero-order valence-corrected chi connectivity index (χ0v) is 18.1. The summed E-state index contributed by atoms with van der Waals surface area (Å²) >= 11 is 3.98. The van der Waals surface area contributed by atoms with E-state index < -0.39 is 78.5 Å². The number of hydrogen-bond acceptors (Lipinski definition) is 8. The van der Waals surface area contributed by atoms with E-state index in [1.807, 2.05) is 0 Å². The summed E-state index contributed by atoms with van der Waals surface area (Å²) in [4.78, 5) is 69.9. The number of rotatable bonds is 14. The van der Waals surface area contributed by atoms with E-state index in [4.69, 9.17) is 16.6 Å². The molecule has 0 aromatic heterocycles. The minimum Gasteiger partial charge on any atom is -0.481 e. The van der Waals surface area contributed by atoms with Crippen LogP contribution in [0.4, 0.5) is 0 Å². The molecule has 0 aliphatic carbocycles. The van der Waals surface area contributed by atoms with Gasteiger partial charge in [-0.15, -0.1) is 0 Å². The number of hydrogen-bond donors (Lipinski definition) is 8. The predicted octanol–water partition coefficient (Wildman–Crippen LogP) is -2.82. The summed E-state index contributed by atoms with van der Waals surface area (Å²) in [7, 11) is 0. The molecule has 0 spiro atoms. The lowest BCUT2D eigenvalue weighted by atomic mass is 10.0. The van der Waals surface area contributed by atoms with Gasteiger partial charge < -0.3 is 37.6 Å². The molecule has 4 atom stereocenters. The number of carboxylic acid groups (broad SMARTS) is 2. The number of carboxylic acids is 2. The second-order valence-electron chi connectivity index (χ2n) is 7.08. The van der Waals surface area contributed by atoms with Crippen molar-refractivity contribution < 1.29 is 39.0 Å². The largest absolute Gasteiger partial charge is 0.481 e. The standard InChI is InChI=1S/C17H29N5O8S/c1-7(2)13(16(28)20-9(17(29)30)3-4-12(24)25)22-15(27)10(6-31)21-14(26)8(18)5-11(19)23/h7-10,13,31H,3-6,18H2,1-2H3,(H2,19,23)(H,20,28)(H,21,26)(H,22,27)(H,24,25)(H,29,30). The van der Waals surface area contributed by atoms with Gasteiger partial charge in [0.25, 0.3) is 0 Å². The Morgan fingerprint density at radius 2 is 1.45 bits per heavy atom. The fourth-order valence-electron chi connectivity index (χ4n) is 2.36. The van der Waals surface area contributed by atoms with Crippen LogP contribution in [0.2, 0.25) is 0 Å². The molecule has 13 nitrogen and oxygen atoms in total. The Hall–Kier alpha value is -2.87. The van der Waals surface area contributed by atoms with E-state index in [-0.39, 0.29) is 12.2 Å². The third-order valence-electron chi connectivity index (χ3n) is 4.08. The molecule has 0 saturated carbocycles. The lowest BCUT2D eigenvalue weighted by molar-refractivity contribution is -0.143. The topological polar surface area (TPSA) is 231 Å². The highest BCUT2D eigenvalue weighted by molar-refractivity contribution is 7.80. The van der Waals surface area contributed by atoms with Gasteiger partial charge in [0.2, 0.25) is 23.6 Å². The number of aliphatic carboxylic acids is 2. The van der Waals surface area contributed by atoms with Gasteiger partial charge in [0.15, 0.2) is 0 Å². The predicted molar refractivity (Wildman–Crippen MR) is 111 cm³/mol. The van der Waals surface area contributed by atoms with Crippen molar-refractivity contribution in [3.05, 3.63) is 0 Å². The van der Waals surface area contributed by atoms with Crippen molar-refractivity contribution in [3.63, 3.8) is 0 Å². The molecule has 0 aromatic rings. The normalized spacial score (nSPS) is 14.6. The molecule has 0 aliphatic rings. The number of thiol groups is 1. The molecular weight excluding hydrogens is 434 g/mol. The third kappa shape index (κ3) is 10.6. The molecule has 0 heterocycles. The molecule has 0 aromatic carbocycles. The number of carbonyl (C=O) groups excluding carboxylic acids is 4. The molecular formula is C17H29N5O8S. The van der Waals surface area contributed by atoms with Crippen molar-refractivity contribution in [2.75, 3.05) is 5.75 Å². The van der Waals surface area contributed by atoms with Crippen molar-refractivity contribution in [2.45, 2.75) is 57.3 Å². The van der Waals surface area contributed by atoms with Crippen LogP contribution < -0.4 is 27.4 Å². The lowest BCUT2D eigenvalue weighted by Crippen LogP contribution is -2.59. The van der Waals surface area contributed by atoms with Gasteiger partial charge in [-0.1, -0.05) is 13.8 Å². The van der Waals surface area contributed by atoms with Gasteiger partial charge in [0, 0.05) is 12.2 Å². The van der Waals surface area contributed by atoms with Crippen molar-refractivity contribution in [3.8, 4) is 0 Å². The molecule has 0 saturated heterocycles. The lowest BCUT2D eigenvalue weighted by Gasteiger charge is -2.26. The van der Waals surface area contributed by atoms with Gasteiger partial charge in [0.1, 0.15) is 18.1 Å². The quantitative estimate of drug-likeness (QED) is 0.124. The van der Waals surface area contributed by atoms with Crippen LogP contribution >= 0.6 is 12.6 Å². The molecule has 0 bridgehead atoms. The molecule has 0 radical (unpaired) electrons. The monoisotopic (exact) mass is 463 g/mol. The average molecular weight is 464 g/mol. The van der Waals surface area contributed by atoms with E-state index in [0.717, 1.165) is 0 Å². The van der Waals surface area contributed by atoms with Gasteiger partial charge in [0.05, 0.1) is 12.5 Å². The highest BCUT2D eigenvalue weighted by atomic mass is 32.1. The maximum absolute atomic E-state index is 12.5. The highest BCUT2D eigenvalue weighted by Gasteiger charge is 2.31. The van der Waals surface area contributed by atoms with Crippen LogP contribution in [0, 0.1) is 5.92 Å². The summed E-state index contributed by atoms with van der Waals surface area (Å²) in [5.41, 5.74) is 10.5. The van der Waals surface area contributed by atoms with E-state index in [0.29, 0.717) is 0 Å². The Kier molecular flexibility index (Phi) is 12.2. The van der Waals surface area contributed by atoms with E-state index in [2.05, 4.69) is 28.6 Å². The Labute approximate surface area is 184 Å². The van der Waals surface area contributed by atoms with Gasteiger partial charge in [-0.05, 0) is 12.3 Å². The molecule has 14 heteroatoms. The van der Waals surface area contributed by atoms with E-state index in [1.54, 1.807) is 13.8 Å². The molecule has 4 amide bonds. The van der Waals surface area contributed by atoms with Gasteiger partial charge in [-0.25, -0.2) is 4.79 Å². The number of carbonyl (C=O) groups is 6. The van der Waals surface area contributed by atoms with Crippen LogP contribution in [0.3, 0.4) is 0 Å². The van der Waals surface area contributed by atoms with E-state index in [1.165, 1.54) is 0 Å². The first kappa shape index (κ1) is 28.1. The highest BCUT2D eigenvalue weighted by Crippen LogP contribution is 2.06. The molecule has 176 valence electrons. The average Bonchev–Trinajstić information content (AvgIpc) is 2.65. The first-order chi connectivity index (χ1) is 14.3. The van der Waals surface area contributed by atoms with Crippen molar-refractivity contribution >= 4 is 48.2 Å². The smallest absolute Gasteiger partial charge is 0.326 e. The fourth-order valence-corrected chi connectivity index (χ4v) is 2.61. The number of nitrogens with one attached hydrogen (secondary N) is 3. The molecule has 4 unspecified atom stereocenters. The van der Waals surface area contributed by atoms with Crippen molar-refractivity contribution in [1.29, 1.82) is 0 Å². The van der Waals surface area contributed by atoms with Crippen LogP contribution in [-0.4, -0.2) is 75.7 Å². The maximum Gasteiger partial charge on any atom is 0.326 e. The van der Waals surface area contributed by atoms with Gasteiger partial charge in [-0.3, -0.25) is 24.0 Å². The Bertz CT molecular complexity index is 702. The minimum absolute atomic E-state index is 0.163. The number of primary amides is 1. The van der Waals surface area contributed by atoms with Gasteiger partial charge in [-0.2, -0.15) is 12.6 Å². The summed E-state index contributed by atoms with van der Waals surface area (Å²) in [5, 5.41) is 24.8. The van der Waals surface area contributed by atoms with Gasteiger partial charge >= 0.3 is 11.9 Å². The summed E-state index contributed by atoms with van der Waals surface area (Å²) < 4.78 is 0. The first-order valence-corrected chi connectivity index (χ1v) is 9.93. The zero-order valence-electron chi connectivity index (χ0n) is 17.2. The summed E-state index contributed by atoms with van der Waals surface area (Å²) in [6.45, 7) is 3.18. The zero-order chi connectivity index (χ0) is 24.3. The van der Waals surface area contributed by atoms with E-state index >= 15 is 0 Å². The van der Waals surface area contributed by atoms with Crippen LogP contribution in [0.25, 0.3) is 0 Å². The Morgan fingerprint density at radius 1 is 0.903 bits per heavy atom. The molecule has 0 aliphatic heterocycles. The van der Waals surface area contributed by atoms with Crippen LogP contribution in [-0.2, 0) is 28.8 Å². The molecule has 31 heavy (non-hydrogen) atoms. The Balaban J connectivity index is 5.19. The molecule has 0 fully saturated rings. The summed E-state index contributed by atoms with van der Waals surface area (Å²) in [6.07, 6.45) is -1.26. The number of nitrogens with two attached hydrogens (primary N) is 2. The van der Waals surface area contributed by atoms with E-state index in [9.17, 15) is 33.9 Å². The van der Waals surface area contributed by atoms with Crippen molar-refractivity contribution in [1.82, 2.24) is 16.0 Å². The van der Waals surface area contributed by atoms with Crippen molar-refractivity contribution in [2.24, 2.45) is 17.4 Å². The van der Waals surface area contributed by atoms with Crippen LogP contribution in [0.1, 0.15) is 33.1 Å². The second-order valence-corrected chi connectivity index (χ2v) is 7.45. The summed E-state index contributed by atoms with van der Waals surface area (Å²) in [5.74, 6) is -6.55. The minimum atomic E-state index is -1.46. The first-order valence-electron chi connectivity index (χ1n) is 9.30. The third-order valence-corrected chi connectivity index (χ3v) is 4.45. The molecule has 0 rings (SSSR count). The second kappa shape index (κ2) is 13.4. The van der Waals surface area contributed by atoms with Crippen LogP contribution in [0.15, 0.2) is 0 Å². The fraction of sp³-hybridized carbons (Fsp3) is 0.647. The van der Waals surface area contributed by atoms with Crippen LogP contribution in [0.5, 0.6) is 0 Å². The number of amides is 4. The summed E-state index contributed by atoms with van der Waals surface area (Å²) in [6, 6.07) is -5.12. The Morgan fingerprint density at radius 3 is 1.87 bits per heavy atom. The molecule has 9 N–H and O–H groups in total. The maximum atomic E-state index is 12.5. The SMILES string of the molecule is CC(C)C(NC(=O)C(CS)NC(=O)C(N)CC(N)=O)C(=O)NC(CCC(=O)O)C(=O)O.